The van der Waals surface area contributed by atoms with Gasteiger partial charge in [-0.3, -0.25) is 18.9 Å². The molecule has 2 aromatic carbocycles. The molecule has 0 bridgehead atoms. The van der Waals surface area contributed by atoms with E-state index in [2.05, 4.69) is 9.88 Å². The number of benzene rings is 2. The molecule has 4 aromatic rings. The van der Waals surface area contributed by atoms with Crippen molar-refractivity contribution in [2.75, 3.05) is 26.7 Å². The molecule has 1 aliphatic heterocycles. The molecule has 1 aliphatic rings. The van der Waals surface area contributed by atoms with E-state index >= 15 is 0 Å². The summed E-state index contributed by atoms with van der Waals surface area (Å²) in [6.07, 6.45) is 3.11. The molecule has 9 heteroatoms. The van der Waals surface area contributed by atoms with Gasteiger partial charge in [0.1, 0.15) is 17.4 Å². The molecule has 0 N–H and O–H groups in total. The smallest absolute Gasteiger partial charge is 0.331 e. The van der Waals surface area contributed by atoms with Crippen LogP contribution in [0.3, 0.4) is 0 Å². The predicted octanol–water partition coefficient (Wildman–Crippen LogP) is 4.21. The van der Waals surface area contributed by atoms with Gasteiger partial charge in [-0.05, 0) is 55.3 Å². The van der Waals surface area contributed by atoms with Gasteiger partial charge in [0, 0.05) is 49.2 Å². The van der Waals surface area contributed by atoms with Crippen LogP contribution in [0.5, 0.6) is 5.75 Å². The Kier molecular flexibility index (Phi) is 7.70. The fraction of sp³-hybridized carbons (Fsp3) is 0.300. The molecule has 5 rings (SSSR count). The Hall–Kier alpha value is -4.11. The van der Waals surface area contributed by atoms with Crippen LogP contribution in [-0.4, -0.2) is 45.8 Å². The first kappa shape index (κ1) is 26.5. The average molecular weight is 533 g/mol. The minimum absolute atomic E-state index is 0.229. The van der Waals surface area contributed by atoms with Crippen molar-refractivity contribution in [2.45, 2.75) is 32.4 Å². The Morgan fingerprint density at radius 2 is 1.79 bits per heavy atom. The molecule has 1 atom stereocenters. The zero-order valence-electron chi connectivity index (χ0n) is 21.9. The highest BCUT2D eigenvalue weighted by Gasteiger charge is 2.29. The van der Waals surface area contributed by atoms with Crippen molar-refractivity contribution in [2.24, 2.45) is 0 Å². The summed E-state index contributed by atoms with van der Waals surface area (Å²) < 4.78 is 37.2. The zero-order valence-corrected chi connectivity index (χ0v) is 21.9. The Morgan fingerprint density at radius 3 is 2.51 bits per heavy atom. The highest BCUT2D eigenvalue weighted by molar-refractivity contribution is 5.66. The van der Waals surface area contributed by atoms with Crippen LogP contribution in [0.25, 0.3) is 11.1 Å². The minimum Gasteiger partial charge on any atom is -0.497 e. The van der Waals surface area contributed by atoms with Gasteiger partial charge < -0.3 is 9.64 Å². The van der Waals surface area contributed by atoms with Crippen LogP contribution in [-0.2, 0) is 13.0 Å². The molecule has 0 aliphatic carbocycles. The predicted molar refractivity (Wildman–Crippen MR) is 145 cm³/mol. The lowest BCUT2D eigenvalue weighted by atomic mass is 10.0. The quantitative estimate of drug-likeness (QED) is 0.340. The molecule has 2 aromatic heterocycles. The van der Waals surface area contributed by atoms with Crippen LogP contribution in [0.2, 0.25) is 0 Å². The van der Waals surface area contributed by atoms with E-state index < -0.39 is 22.9 Å². The normalized spacial score (nSPS) is 15.5. The van der Waals surface area contributed by atoms with E-state index in [1.807, 2.05) is 18.2 Å². The first-order valence-corrected chi connectivity index (χ1v) is 12.9. The summed E-state index contributed by atoms with van der Waals surface area (Å²) in [5, 5.41) is 0. The molecule has 0 amide bonds. The molecule has 0 radical (unpaired) electrons. The number of likely N-dealkylation sites (tertiary alicyclic amines) is 1. The van der Waals surface area contributed by atoms with Crippen molar-refractivity contribution in [3.8, 4) is 16.9 Å². The van der Waals surface area contributed by atoms with Gasteiger partial charge in [-0.25, -0.2) is 13.6 Å². The number of halogens is 2. The fourth-order valence-electron chi connectivity index (χ4n) is 5.28. The lowest BCUT2D eigenvalue weighted by molar-refractivity contribution is 0.322. The number of pyridine rings is 1. The summed E-state index contributed by atoms with van der Waals surface area (Å²) in [5.41, 5.74) is 0.949. The van der Waals surface area contributed by atoms with Crippen molar-refractivity contribution in [1.29, 1.82) is 0 Å². The van der Waals surface area contributed by atoms with Crippen molar-refractivity contribution in [3.05, 3.63) is 116 Å². The second-order valence-corrected chi connectivity index (χ2v) is 9.75. The van der Waals surface area contributed by atoms with E-state index in [-0.39, 0.29) is 18.2 Å². The van der Waals surface area contributed by atoms with Crippen LogP contribution in [0.1, 0.15) is 29.4 Å². The number of hydrogen-bond acceptors (Lipinski definition) is 5. The van der Waals surface area contributed by atoms with Gasteiger partial charge in [-0.15, -0.1) is 0 Å². The van der Waals surface area contributed by atoms with Crippen LogP contribution in [0, 0.1) is 18.6 Å². The van der Waals surface area contributed by atoms with Crippen LogP contribution >= 0.6 is 0 Å². The zero-order chi connectivity index (χ0) is 27.5. The molecular weight excluding hydrogens is 502 g/mol. The largest absolute Gasteiger partial charge is 0.497 e. The third-order valence-corrected chi connectivity index (χ3v) is 7.40. The Balaban J connectivity index is 1.57. The third-order valence-electron chi connectivity index (χ3n) is 7.40. The van der Waals surface area contributed by atoms with E-state index in [0.717, 1.165) is 30.8 Å². The van der Waals surface area contributed by atoms with Gasteiger partial charge in [0.25, 0.3) is 5.56 Å². The molecule has 0 spiro atoms. The lowest BCUT2D eigenvalue weighted by Gasteiger charge is -2.22. The summed E-state index contributed by atoms with van der Waals surface area (Å²) in [5.74, 6) is -0.940. The van der Waals surface area contributed by atoms with Gasteiger partial charge in [0.05, 0.1) is 25.3 Å². The summed E-state index contributed by atoms with van der Waals surface area (Å²) in [4.78, 5) is 34.4. The van der Waals surface area contributed by atoms with Gasteiger partial charge in [-0.1, -0.05) is 24.3 Å². The lowest BCUT2D eigenvalue weighted by Crippen LogP contribution is -2.45. The minimum atomic E-state index is -0.747. The molecule has 39 heavy (non-hydrogen) atoms. The van der Waals surface area contributed by atoms with E-state index in [1.165, 1.54) is 22.3 Å². The van der Waals surface area contributed by atoms with E-state index in [0.29, 0.717) is 42.1 Å². The van der Waals surface area contributed by atoms with Crippen molar-refractivity contribution in [1.82, 2.24) is 19.0 Å². The summed E-state index contributed by atoms with van der Waals surface area (Å²) >= 11 is 0. The molecular formula is C30H30F2N4O3. The number of hydrogen-bond donors (Lipinski definition) is 0. The molecule has 1 unspecified atom stereocenters. The second kappa shape index (κ2) is 11.3. The SMILES string of the molecule is COc1cccc(-c2c(C)n(Cc3c(F)cccc3F)c(=O)n(C3CCN(CCc4ccccn4)C3)c2=O)c1. The van der Waals surface area contributed by atoms with E-state index in [4.69, 9.17) is 4.74 Å². The molecule has 3 heterocycles. The van der Waals surface area contributed by atoms with E-state index in [9.17, 15) is 18.4 Å². The molecule has 7 nitrogen and oxygen atoms in total. The Labute approximate surface area is 224 Å². The molecule has 202 valence electrons. The highest BCUT2D eigenvalue weighted by atomic mass is 19.1. The maximum Gasteiger partial charge on any atom is 0.331 e. The molecule has 1 saturated heterocycles. The van der Waals surface area contributed by atoms with Gasteiger partial charge >= 0.3 is 5.69 Å². The maximum atomic E-state index is 14.6. The molecule has 0 saturated carbocycles. The topological polar surface area (TPSA) is 69.4 Å². The average Bonchev–Trinajstić information content (AvgIpc) is 3.40. The first-order valence-electron chi connectivity index (χ1n) is 12.9. The fourth-order valence-corrected chi connectivity index (χ4v) is 5.28. The van der Waals surface area contributed by atoms with Gasteiger partial charge in [0.15, 0.2) is 0 Å². The summed E-state index contributed by atoms with van der Waals surface area (Å²) in [7, 11) is 1.53. The van der Waals surface area contributed by atoms with Crippen molar-refractivity contribution < 1.29 is 13.5 Å². The van der Waals surface area contributed by atoms with Crippen LogP contribution in [0.15, 0.2) is 76.4 Å². The number of aromatic nitrogens is 3. The Morgan fingerprint density at radius 1 is 1.03 bits per heavy atom. The monoisotopic (exact) mass is 532 g/mol. The maximum absolute atomic E-state index is 14.6. The van der Waals surface area contributed by atoms with Crippen LogP contribution in [0.4, 0.5) is 8.78 Å². The number of rotatable bonds is 8. The first-order chi connectivity index (χ1) is 18.9. The molecule has 1 fully saturated rings. The highest BCUT2D eigenvalue weighted by Crippen LogP contribution is 2.26. The standard InChI is InChI=1S/C30H30F2N4O3/c1-20-28(21-7-5-9-24(17-21)39-2)29(37)36(30(38)35(20)19-25-26(31)10-6-11-27(25)32)23-13-16-34(18-23)15-12-22-8-3-4-14-33-22/h3-11,14,17,23H,12-13,15-16,18-19H2,1-2H3. The summed E-state index contributed by atoms with van der Waals surface area (Å²) in [6.45, 7) is 3.26. The number of nitrogens with zero attached hydrogens (tertiary/aromatic N) is 4. The van der Waals surface area contributed by atoms with Crippen molar-refractivity contribution >= 4 is 0 Å². The van der Waals surface area contributed by atoms with E-state index in [1.54, 1.807) is 37.4 Å². The second-order valence-electron chi connectivity index (χ2n) is 9.75. The number of ether oxygens (including phenoxy) is 1. The van der Waals surface area contributed by atoms with Gasteiger partial charge in [-0.2, -0.15) is 0 Å². The van der Waals surface area contributed by atoms with Crippen LogP contribution < -0.4 is 16.0 Å². The Bertz CT molecular complexity index is 1580. The third kappa shape index (κ3) is 5.40. The van der Waals surface area contributed by atoms with Crippen molar-refractivity contribution in [3.63, 3.8) is 0 Å². The summed E-state index contributed by atoms with van der Waals surface area (Å²) in [6, 6.07) is 16.0. The van der Waals surface area contributed by atoms with Gasteiger partial charge in [0.2, 0.25) is 0 Å². The number of methoxy groups -OCH3 is 1.